The van der Waals surface area contributed by atoms with Crippen LogP contribution < -0.4 is 5.73 Å². The fourth-order valence-corrected chi connectivity index (χ4v) is 1.34. The zero-order valence-electron chi connectivity index (χ0n) is 9.02. The van der Waals surface area contributed by atoms with Crippen LogP contribution >= 0.6 is 23.2 Å². The maximum atomic E-state index is 10.8. The maximum absolute atomic E-state index is 10.8. The monoisotopic (exact) mass is 285 g/mol. The third-order valence-electron chi connectivity index (χ3n) is 1.97. The van der Waals surface area contributed by atoms with E-state index in [-0.39, 0.29) is 5.84 Å². The molecule has 0 spiro atoms. The van der Waals surface area contributed by atoms with Crippen molar-refractivity contribution >= 4 is 40.1 Å². The first-order chi connectivity index (χ1) is 8.45. The molecular formula is C11H9Cl2N3O2. The van der Waals surface area contributed by atoms with Gasteiger partial charge in [-0.15, -0.1) is 0 Å². The smallest absolute Gasteiger partial charge is 0.259 e. The summed E-state index contributed by atoms with van der Waals surface area (Å²) in [7, 11) is 0. The van der Waals surface area contributed by atoms with Crippen molar-refractivity contribution in [2.24, 2.45) is 10.7 Å². The molecule has 0 aliphatic carbocycles. The molecule has 0 atom stereocenters. The minimum Gasteiger partial charge on any atom is -0.515 e. The summed E-state index contributed by atoms with van der Waals surface area (Å²) in [6.45, 7) is 0. The zero-order valence-corrected chi connectivity index (χ0v) is 10.5. The number of carbonyl (C=O) groups excluding carboxylic acids is 1. The number of aliphatic imine (C=N–C) groups is 1. The summed E-state index contributed by atoms with van der Waals surface area (Å²) in [5.41, 5.74) is 5.74. The van der Waals surface area contributed by atoms with Crippen LogP contribution in [0.1, 0.15) is 5.56 Å². The number of nitrogens with zero attached hydrogens (tertiary/aromatic N) is 1. The first-order valence-electron chi connectivity index (χ1n) is 4.69. The molecule has 1 aromatic rings. The second-order valence-corrected chi connectivity index (χ2v) is 3.95. The van der Waals surface area contributed by atoms with E-state index in [0.29, 0.717) is 16.8 Å². The molecule has 0 aliphatic rings. The largest absolute Gasteiger partial charge is 0.515 e. The lowest BCUT2D eigenvalue weighted by Crippen LogP contribution is -2.17. The predicted octanol–water partition coefficient (Wildman–Crippen LogP) is 2.23. The number of aliphatic hydroxyl groups is 1. The molecule has 7 heteroatoms. The molecule has 0 fully saturated rings. The van der Waals surface area contributed by atoms with E-state index in [1.165, 1.54) is 0 Å². The van der Waals surface area contributed by atoms with Crippen LogP contribution in [0.3, 0.4) is 0 Å². The Morgan fingerprint density at radius 3 is 2.39 bits per heavy atom. The molecular weight excluding hydrogens is 277 g/mol. The van der Waals surface area contributed by atoms with E-state index >= 15 is 0 Å². The van der Waals surface area contributed by atoms with Gasteiger partial charge in [-0.3, -0.25) is 10.2 Å². The first kappa shape index (κ1) is 14.2. The molecule has 0 heterocycles. The number of aliphatic hydroxyl groups excluding tert-OH is 1. The van der Waals surface area contributed by atoms with Crippen LogP contribution in [0.25, 0.3) is 0 Å². The van der Waals surface area contributed by atoms with Crippen molar-refractivity contribution in [1.29, 1.82) is 5.41 Å². The number of rotatable bonds is 3. The number of halogens is 2. The first-order valence-corrected chi connectivity index (χ1v) is 5.44. The highest BCUT2D eigenvalue weighted by Crippen LogP contribution is 2.10. The van der Waals surface area contributed by atoms with Crippen molar-refractivity contribution in [1.82, 2.24) is 0 Å². The summed E-state index contributed by atoms with van der Waals surface area (Å²) >= 11 is 10.9. The van der Waals surface area contributed by atoms with Crippen LogP contribution in [0.4, 0.5) is 0 Å². The van der Waals surface area contributed by atoms with Crippen LogP contribution in [0.5, 0.6) is 0 Å². The Balaban J connectivity index is 3.00. The van der Waals surface area contributed by atoms with Crippen molar-refractivity contribution in [3.05, 3.63) is 46.7 Å². The summed E-state index contributed by atoms with van der Waals surface area (Å²) in [4.78, 5) is 14.5. The highest BCUT2D eigenvalue weighted by molar-refractivity contribution is 6.70. The molecule has 0 aliphatic heterocycles. The highest BCUT2D eigenvalue weighted by Gasteiger charge is 2.13. The summed E-state index contributed by atoms with van der Waals surface area (Å²) in [6, 6.07) is 6.44. The van der Waals surface area contributed by atoms with Gasteiger partial charge in [-0.25, -0.2) is 4.99 Å². The van der Waals surface area contributed by atoms with E-state index in [0.717, 1.165) is 0 Å². The topological polar surface area (TPSA) is 99.5 Å². The summed E-state index contributed by atoms with van der Waals surface area (Å²) in [5.74, 6) is -0.515. The third-order valence-corrected chi connectivity index (χ3v) is 2.42. The Labute approximate surface area is 113 Å². The van der Waals surface area contributed by atoms with E-state index in [1.807, 2.05) is 0 Å². The normalized spacial score (nSPS) is 12.3. The van der Waals surface area contributed by atoms with Crippen molar-refractivity contribution in [3.8, 4) is 0 Å². The number of carbonyl (C=O) groups is 1. The Morgan fingerprint density at radius 1 is 1.39 bits per heavy atom. The molecule has 18 heavy (non-hydrogen) atoms. The van der Waals surface area contributed by atoms with Gasteiger partial charge in [-0.2, -0.15) is 0 Å². The molecule has 5 nitrogen and oxygen atoms in total. The van der Waals surface area contributed by atoms with Crippen LogP contribution in [0.15, 0.2) is 41.1 Å². The molecule has 4 N–H and O–H groups in total. The maximum Gasteiger partial charge on any atom is 0.259 e. The van der Waals surface area contributed by atoms with E-state index in [9.17, 15) is 4.79 Å². The second-order valence-electron chi connectivity index (χ2n) is 3.17. The zero-order chi connectivity index (χ0) is 13.7. The second kappa shape index (κ2) is 6.18. The van der Waals surface area contributed by atoms with E-state index < -0.39 is 16.7 Å². The van der Waals surface area contributed by atoms with Gasteiger partial charge in [0.1, 0.15) is 11.4 Å². The van der Waals surface area contributed by atoms with Gasteiger partial charge in [0, 0.05) is 10.6 Å². The average Bonchev–Trinajstić information content (AvgIpc) is 2.29. The number of nitrogens with one attached hydrogen (secondary N) is 1. The van der Waals surface area contributed by atoms with Gasteiger partial charge in [0.2, 0.25) is 0 Å². The van der Waals surface area contributed by atoms with Crippen molar-refractivity contribution < 1.29 is 9.90 Å². The number of nitrogens with two attached hydrogens (primary N) is 1. The molecule has 0 radical (unpaired) electrons. The van der Waals surface area contributed by atoms with Gasteiger partial charge >= 0.3 is 0 Å². The molecule has 0 unspecified atom stereocenters. The standard InChI is InChI=1S/C11H9Cl2N3O2/c12-7-3-1-6(2-4-7)10(14)16-11(15)8(5-17)9(13)18/h1-5,17H,(H3,14,15,16). The average molecular weight is 286 g/mol. The number of amidine groups is 2. The SMILES string of the molecule is N=C(N=C(N)c1ccc(Cl)cc1)C(=CO)C(=O)Cl. The number of hydrogen-bond donors (Lipinski definition) is 3. The molecule has 0 saturated heterocycles. The lowest BCUT2D eigenvalue weighted by molar-refractivity contribution is -0.108. The van der Waals surface area contributed by atoms with E-state index in [1.54, 1.807) is 24.3 Å². The van der Waals surface area contributed by atoms with Crippen molar-refractivity contribution in [3.63, 3.8) is 0 Å². The summed E-state index contributed by atoms with van der Waals surface area (Å²) in [6.07, 6.45) is 0.413. The fourth-order valence-electron chi connectivity index (χ4n) is 1.07. The van der Waals surface area contributed by atoms with Gasteiger partial charge in [0.05, 0.1) is 6.26 Å². The van der Waals surface area contributed by atoms with Crippen molar-refractivity contribution in [2.45, 2.75) is 0 Å². The molecule has 0 amide bonds. The summed E-state index contributed by atoms with van der Waals surface area (Å²) < 4.78 is 0. The van der Waals surface area contributed by atoms with Crippen molar-refractivity contribution in [2.75, 3.05) is 0 Å². The Kier molecular flexibility index (Phi) is 4.88. The number of benzene rings is 1. The third kappa shape index (κ3) is 3.58. The Hall–Kier alpha value is -1.85. The van der Waals surface area contributed by atoms with Crippen LogP contribution in [-0.4, -0.2) is 22.0 Å². The summed E-state index contributed by atoms with van der Waals surface area (Å²) in [5, 5.41) is 15.8. The minimum atomic E-state index is -0.991. The molecule has 0 saturated carbocycles. The van der Waals surface area contributed by atoms with Gasteiger partial charge in [0.15, 0.2) is 5.84 Å². The van der Waals surface area contributed by atoms with Crippen LogP contribution in [-0.2, 0) is 4.79 Å². The number of hydrogen-bond acceptors (Lipinski definition) is 3. The van der Waals surface area contributed by atoms with Gasteiger partial charge < -0.3 is 10.8 Å². The fraction of sp³-hybridized carbons (Fsp3) is 0. The molecule has 0 aromatic heterocycles. The lowest BCUT2D eigenvalue weighted by atomic mass is 10.2. The lowest BCUT2D eigenvalue weighted by Gasteiger charge is -2.02. The molecule has 1 rings (SSSR count). The molecule has 1 aromatic carbocycles. The Morgan fingerprint density at radius 2 is 1.94 bits per heavy atom. The van der Waals surface area contributed by atoms with Gasteiger partial charge in [0.25, 0.3) is 5.24 Å². The molecule has 0 bridgehead atoms. The predicted molar refractivity (Wildman–Crippen MR) is 71.5 cm³/mol. The van der Waals surface area contributed by atoms with E-state index in [2.05, 4.69) is 4.99 Å². The van der Waals surface area contributed by atoms with E-state index in [4.69, 9.17) is 39.5 Å². The van der Waals surface area contributed by atoms with Gasteiger partial charge in [-0.05, 0) is 35.9 Å². The Bertz CT molecular complexity index is 536. The highest BCUT2D eigenvalue weighted by atomic mass is 35.5. The van der Waals surface area contributed by atoms with Crippen LogP contribution in [0, 0.1) is 5.41 Å². The quantitative estimate of drug-likeness (QED) is 0.261. The van der Waals surface area contributed by atoms with Gasteiger partial charge in [-0.1, -0.05) is 11.6 Å². The minimum absolute atomic E-state index is 0.00827. The van der Waals surface area contributed by atoms with Crippen LogP contribution in [0.2, 0.25) is 5.02 Å². The molecule has 94 valence electrons.